The van der Waals surface area contributed by atoms with E-state index < -0.39 is 0 Å². The Morgan fingerprint density at radius 1 is 1.69 bits per heavy atom. The average Bonchev–Trinajstić information content (AvgIpc) is 2.45. The van der Waals surface area contributed by atoms with Crippen LogP contribution in [0.1, 0.15) is 33.1 Å². The molecule has 1 saturated heterocycles. The average molecular weight is 181 g/mol. The molecule has 0 radical (unpaired) electrons. The highest BCUT2D eigenvalue weighted by atomic mass is 16.2. The quantitative estimate of drug-likeness (QED) is 0.605. The van der Waals surface area contributed by atoms with Crippen LogP contribution in [0.2, 0.25) is 0 Å². The van der Waals surface area contributed by atoms with Crippen molar-refractivity contribution >= 4 is 11.8 Å². The van der Waals surface area contributed by atoms with Crippen LogP contribution < -0.4 is 0 Å². The number of imide groups is 1. The Hall–Kier alpha value is -1.12. The van der Waals surface area contributed by atoms with Crippen LogP contribution in [0.4, 0.5) is 0 Å². The molecule has 1 aliphatic heterocycles. The third-order valence-electron chi connectivity index (χ3n) is 2.38. The number of amides is 2. The van der Waals surface area contributed by atoms with Gasteiger partial charge in [0.1, 0.15) is 0 Å². The summed E-state index contributed by atoms with van der Waals surface area (Å²) in [6.45, 7) is 7.19. The van der Waals surface area contributed by atoms with Gasteiger partial charge in [-0.25, -0.2) is 0 Å². The lowest BCUT2D eigenvalue weighted by molar-refractivity contribution is -0.141. The van der Waals surface area contributed by atoms with Crippen molar-refractivity contribution in [3.8, 4) is 0 Å². The van der Waals surface area contributed by atoms with Gasteiger partial charge in [-0.05, 0) is 19.8 Å². The van der Waals surface area contributed by atoms with Crippen LogP contribution in [0, 0.1) is 0 Å². The number of carbonyl (C=O) groups is 2. The Labute approximate surface area is 78.4 Å². The number of rotatable bonds is 2. The molecule has 0 bridgehead atoms. The van der Waals surface area contributed by atoms with Crippen molar-refractivity contribution in [1.82, 2.24) is 4.90 Å². The molecule has 0 aromatic rings. The Morgan fingerprint density at radius 2 is 2.31 bits per heavy atom. The summed E-state index contributed by atoms with van der Waals surface area (Å²) in [6, 6.07) is 0.0942. The van der Waals surface area contributed by atoms with Crippen molar-refractivity contribution in [3.63, 3.8) is 0 Å². The minimum Gasteiger partial charge on any atom is -0.276 e. The summed E-state index contributed by atoms with van der Waals surface area (Å²) < 4.78 is 0. The van der Waals surface area contributed by atoms with Gasteiger partial charge in [0.05, 0.1) is 0 Å². The largest absolute Gasteiger partial charge is 0.276 e. The standard InChI is InChI=1S/C10H15NO2/c1-4-8-5-6-9(12)11(8)10(13)7(2)3/h8H,2,4-6H2,1,3H3. The van der Waals surface area contributed by atoms with Gasteiger partial charge in [-0.2, -0.15) is 0 Å². The van der Waals surface area contributed by atoms with Crippen molar-refractivity contribution in [2.45, 2.75) is 39.2 Å². The number of hydrogen-bond acceptors (Lipinski definition) is 2. The molecule has 0 saturated carbocycles. The van der Waals surface area contributed by atoms with Gasteiger partial charge in [0, 0.05) is 18.0 Å². The van der Waals surface area contributed by atoms with Crippen molar-refractivity contribution in [1.29, 1.82) is 0 Å². The smallest absolute Gasteiger partial charge is 0.255 e. The van der Waals surface area contributed by atoms with Crippen molar-refractivity contribution < 1.29 is 9.59 Å². The number of likely N-dealkylation sites (tertiary alicyclic amines) is 1. The maximum absolute atomic E-state index is 11.5. The highest BCUT2D eigenvalue weighted by molar-refractivity contribution is 6.04. The summed E-state index contributed by atoms with van der Waals surface area (Å²) in [7, 11) is 0. The van der Waals surface area contributed by atoms with E-state index >= 15 is 0 Å². The van der Waals surface area contributed by atoms with Crippen LogP contribution in [0.15, 0.2) is 12.2 Å². The van der Waals surface area contributed by atoms with Crippen LogP contribution in [0.3, 0.4) is 0 Å². The summed E-state index contributed by atoms with van der Waals surface area (Å²) in [5.74, 6) is -0.269. The Balaban J connectivity index is 2.81. The van der Waals surface area contributed by atoms with Gasteiger partial charge in [-0.1, -0.05) is 13.5 Å². The van der Waals surface area contributed by atoms with Crippen molar-refractivity contribution in [3.05, 3.63) is 12.2 Å². The Bertz CT molecular complexity index is 258. The second kappa shape index (κ2) is 3.73. The second-order valence-electron chi connectivity index (χ2n) is 3.45. The third kappa shape index (κ3) is 1.79. The number of carbonyl (C=O) groups excluding carboxylic acids is 2. The predicted molar refractivity (Wildman–Crippen MR) is 50.0 cm³/mol. The molecule has 0 spiro atoms. The molecule has 1 fully saturated rings. The van der Waals surface area contributed by atoms with Gasteiger partial charge < -0.3 is 0 Å². The number of nitrogens with zero attached hydrogens (tertiary/aromatic N) is 1. The molecule has 72 valence electrons. The molecule has 1 aliphatic rings. The zero-order valence-corrected chi connectivity index (χ0v) is 8.17. The first-order valence-electron chi connectivity index (χ1n) is 4.59. The molecule has 1 heterocycles. The molecule has 13 heavy (non-hydrogen) atoms. The van der Waals surface area contributed by atoms with Crippen LogP contribution in [-0.4, -0.2) is 22.8 Å². The summed E-state index contributed by atoms with van der Waals surface area (Å²) in [5.41, 5.74) is 0.439. The molecule has 0 aromatic carbocycles. The van der Waals surface area contributed by atoms with Gasteiger partial charge >= 0.3 is 0 Å². The Morgan fingerprint density at radius 3 is 2.77 bits per heavy atom. The molecule has 3 nitrogen and oxygen atoms in total. The molecule has 3 heteroatoms. The first-order chi connectivity index (χ1) is 6.07. The van der Waals surface area contributed by atoms with E-state index in [9.17, 15) is 9.59 Å². The SMILES string of the molecule is C=C(C)C(=O)N1C(=O)CCC1CC. The first-order valence-corrected chi connectivity index (χ1v) is 4.59. The molecule has 1 atom stereocenters. The lowest BCUT2D eigenvalue weighted by atomic mass is 10.1. The van der Waals surface area contributed by atoms with Crippen LogP contribution in [-0.2, 0) is 9.59 Å². The normalized spacial score (nSPS) is 22.2. The van der Waals surface area contributed by atoms with E-state index in [0.29, 0.717) is 12.0 Å². The third-order valence-corrected chi connectivity index (χ3v) is 2.38. The zero-order chi connectivity index (χ0) is 10.0. The predicted octanol–water partition coefficient (Wildman–Crippen LogP) is 1.49. The van der Waals surface area contributed by atoms with E-state index in [1.54, 1.807) is 6.92 Å². The first kappa shape index (κ1) is 9.96. The van der Waals surface area contributed by atoms with E-state index in [0.717, 1.165) is 12.8 Å². The van der Waals surface area contributed by atoms with Crippen molar-refractivity contribution in [2.24, 2.45) is 0 Å². The molecule has 0 aliphatic carbocycles. The molecular formula is C10H15NO2. The fourth-order valence-corrected chi connectivity index (χ4v) is 1.61. The molecular weight excluding hydrogens is 166 g/mol. The lowest BCUT2D eigenvalue weighted by Crippen LogP contribution is -2.38. The van der Waals surface area contributed by atoms with E-state index in [1.807, 2.05) is 6.92 Å². The minimum atomic E-state index is -0.214. The summed E-state index contributed by atoms with van der Waals surface area (Å²) >= 11 is 0. The fourth-order valence-electron chi connectivity index (χ4n) is 1.61. The monoisotopic (exact) mass is 181 g/mol. The van der Waals surface area contributed by atoms with Gasteiger partial charge in [-0.15, -0.1) is 0 Å². The maximum Gasteiger partial charge on any atom is 0.255 e. The summed E-state index contributed by atoms with van der Waals surface area (Å²) in [5, 5.41) is 0. The molecule has 0 aromatic heterocycles. The van der Waals surface area contributed by atoms with Gasteiger partial charge in [-0.3, -0.25) is 14.5 Å². The highest BCUT2D eigenvalue weighted by Gasteiger charge is 2.34. The molecule has 0 N–H and O–H groups in total. The molecule has 2 amide bonds. The summed E-state index contributed by atoms with van der Waals surface area (Å²) in [4.78, 5) is 24.2. The molecule has 1 rings (SSSR count). The molecule has 1 unspecified atom stereocenters. The van der Waals surface area contributed by atoms with E-state index in [1.165, 1.54) is 4.90 Å². The maximum atomic E-state index is 11.5. The topological polar surface area (TPSA) is 37.4 Å². The Kier molecular flexibility index (Phi) is 2.86. The van der Waals surface area contributed by atoms with E-state index in [-0.39, 0.29) is 17.9 Å². The van der Waals surface area contributed by atoms with Crippen molar-refractivity contribution in [2.75, 3.05) is 0 Å². The van der Waals surface area contributed by atoms with Crippen LogP contribution in [0.25, 0.3) is 0 Å². The fraction of sp³-hybridized carbons (Fsp3) is 0.600. The zero-order valence-electron chi connectivity index (χ0n) is 8.17. The number of hydrogen-bond donors (Lipinski definition) is 0. The van der Waals surface area contributed by atoms with Gasteiger partial charge in [0.15, 0.2) is 0 Å². The van der Waals surface area contributed by atoms with Gasteiger partial charge in [0.2, 0.25) is 5.91 Å². The van der Waals surface area contributed by atoms with E-state index in [4.69, 9.17) is 0 Å². The highest BCUT2D eigenvalue weighted by Crippen LogP contribution is 2.22. The van der Waals surface area contributed by atoms with E-state index in [2.05, 4.69) is 6.58 Å². The van der Waals surface area contributed by atoms with Crippen LogP contribution >= 0.6 is 0 Å². The second-order valence-corrected chi connectivity index (χ2v) is 3.45. The lowest BCUT2D eigenvalue weighted by Gasteiger charge is -2.21. The minimum absolute atomic E-state index is 0.0557. The van der Waals surface area contributed by atoms with Gasteiger partial charge in [0.25, 0.3) is 5.91 Å². The summed E-state index contributed by atoms with van der Waals surface area (Å²) in [6.07, 6.45) is 2.14. The van der Waals surface area contributed by atoms with Crippen LogP contribution in [0.5, 0.6) is 0 Å².